The van der Waals surface area contributed by atoms with E-state index >= 15 is 0 Å². The molecule has 0 fully saturated rings. The van der Waals surface area contributed by atoms with Crippen LogP contribution in [0.1, 0.15) is 323 Å². The number of carbonyl (C=O) groups excluding carboxylic acids is 3. The molecule has 6 nitrogen and oxygen atoms in total. The molecule has 0 bridgehead atoms. The number of rotatable bonds is 62. The van der Waals surface area contributed by atoms with E-state index in [-0.39, 0.29) is 31.1 Å². The van der Waals surface area contributed by atoms with Gasteiger partial charge in [0, 0.05) is 19.3 Å². The van der Waals surface area contributed by atoms with E-state index in [1.165, 1.54) is 167 Å². The predicted molar refractivity (Wildman–Crippen MR) is 357 cm³/mol. The second kappa shape index (κ2) is 69.3. The number of hydrogen-bond acceptors (Lipinski definition) is 6. The Hall–Kier alpha value is -4.19. The first-order chi connectivity index (χ1) is 40.5. The average Bonchev–Trinajstić information content (AvgIpc) is 3.48. The second-order valence-corrected chi connectivity index (χ2v) is 22.7. The van der Waals surface area contributed by atoms with Gasteiger partial charge in [0.05, 0.1) is 0 Å². The van der Waals surface area contributed by atoms with Gasteiger partial charge in [0.2, 0.25) is 0 Å². The van der Waals surface area contributed by atoms with E-state index < -0.39 is 6.10 Å². The molecule has 82 heavy (non-hydrogen) atoms. The molecule has 1 atom stereocenters. The van der Waals surface area contributed by atoms with Gasteiger partial charge < -0.3 is 14.2 Å². The zero-order valence-corrected chi connectivity index (χ0v) is 53.7. The third kappa shape index (κ3) is 66.6. The Bertz CT molecular complexity index is 1690. The number of esters is 3. The molecule has 0 aliphatic rings. The highest BCUT2D eigenvalue weighted by atomic mass is 16.6. The maximum Gasteiger partial charge on any atom is 0.306 e. The minimum absolute atomic E-state index is 0.0973. The molecule has 0 N–H and O–H groups in total. The van der Waals surface area contributed by atoms with Gasteiger partial charge in [-0.05, 0) is 135 Å². The molecule has 0 saturated carbocycles. The van der Waals surface area contributed by atoms with Crippen molar-refractivity contribution < 1.29 is 28.6 Å². The van der Waals surface area contributed by atoms with E-state index in [0.29, 0.717) is 25.7 Å². The lowest BCUT2D eigenvalue weighted by atomic mass is 10.0. The van der Waals surface area contributed by atoms with Crippen molar-refractivity contribution in [3.8, 4) is 0 Å². The molecule has 0 heterocycles. The van der Waals surface area contributed by atoms with Crippen LogP contribution in [0, 0.1) is 0 Å². The summed E-state index contributed by atoms with van der Waals surface area (Å²) in [4.78, 5) is 38.4. The fourth-order valence-corrected chi connectivity index (χ4v) is 9.51. The average molecular weight is 1140 g/mol. The molecule has 0 amide bonds. The summed E-state index contributed by atoms with van der Waals surface area (Å²) in [5, 5.41) is 0. The molecule has 0 aromatic rings. The Morgan fingerprint density at radius 1 is 0.256 bits per heavy atom. The number of carbonyl (C=O) groups is 3. The lowest BCUT2D eigenvalue weighted by Gasteiger charge is -2.18. The maximum absolute atomic E-state index is 12.9. The standard InChI is InChI=1S/C76H128O6/c1-4-7-10-13-16-19-22-25-28-30-32-34-36-37-38-39-41-42-44-46-48-51-54-57-60-63-66-69-75(78)81-72-73(71-80-74(77)68-65-62-59-56-53-50-27-24-21-18-15-12-9-6-3)82-76(79)70-67-64-61-58-55-52-49-47-45-43-40-35-33-31-29-26-23-20-17-14-11-8-5-2/h7,10,16,19,24-25,27-28,31-34,37-38,41-42,46,48,54,57,73H,4-6,8-9,11-15,17-18,20-23,26,29-30,35-36,39-40,43-45,47,49-53,55-56,58-72H2,1-3H3/b10-7-,19-16-,27-24-,28-25-,33-31-,34-32-,38-37-,42-41-,48-46-,57-54-. The number of ether oxygens (including phenoxy) is 3. The Morgan fingerprint density at radius 3 is 0.780 bits per heavy atom. The van der Waals surface area contributed by atoms with Crippen LogP contribution in [-0.4, -0.2) is 37.2 Å². The van der Waals surface area contributed by atoms with Gasteiger partial charge in [0.25, 0.3) is 0 Å². The molecule has 0 radical (unpaired) electrons. The molecule has 0 spiro atoms. The van der Waals surface area contributed by atoms with E-state index in [2.05, 4.69) is 142 Å². The largest absolute Gasteiger partial charge is 0.462 e. The second-order valence-electron chi connectivity index (χ2n) is 22.7. The van der Waals surface area contributed by atoms with Crippen LogP contribution in [0.2, 0.25) is 0 Å². The Balaban J connectivity index is 4.42. The van der Waals surface area contributed by atoms with Crippen molar-refractivity contribution in [3.63, 3.8) is 0 Å². The predicted octanol–water partition coefficient (Wildman–Crippen LogP) is 23.9. The van der Waals surface area contributed by atoms with E-state index in [0.717, 1.165) is 109 Å². The molecule has 0 aliphatic heterocycles. The smallest absolute Gasteiger partial charge is 0.306 e. The number of allylic oxidation sites excluding steroid dienone is 20. The summed E-state index contributed by atoms with van der Waals surface area (Å²) in [7, 11) is 0. The van der Waals surface area contributed by atoms with Gasteiger partial charge in [0.15, 0.2) is 6.10 Å². The van der Waals surface area contributed by atoms with Crippen LogP contribution in [0.5, 0.6) is 0 Å². The third-order valence-corrected chi connectivity index (χ3v) is 14.7. The van der Waals surface area contributed by atoms with Crippen molar-refractivity contribution in [2.45, 2.75) is 329 Å². The van der Waals surface area contributed by atoms with Crippen LogP contribution in [0.3, 0.4) is 0 Å². The summed E-state index contributed by atoms with van der Waals surface area (Å²) >= 11 is 0. The summed E-state index contributed by atoms with van der Waals surface area (Å²) < 4.78 is 16.9. The van der Waals surface area contributed by atoms with E-state index in [1.807, 2.05) is 0 Å². The number of unbranched alkanes of at least 4 members (excludes halogenated alkanes) is 31. The normalized spacial score (nSPS) is 12.9. The fraction of sp³-hybridized carbons (Fsp3) is 0.697. The Kier molecular flexibility index (Phi) is 65.8. The first kappa shape index (κ1) is 77.8. The van der Waals surface area contributed by atoms with Crippen LogP contribution < -0.4 is 0 Å². The van der Waals surface area contributed by atoms with Crippen molar-refractivity contribution in [1.29, 1.82) is 0 Å². The van der Waals surface area contributed by atoms with Gasteiger partial charge in [0.1, 0.15) is 13.2 Å². The molecule has 0 rings (SSSR count). The zero-order valence-electron chi connectivity index (χ0n) is 53.7. The van der Waals surface area contributed by atoms with Crippen molar-refractivity contribution in [1.82, 2.24) is 0 Å². The first-order valence-electron chi connectivity index (χ1n) is 34.5. The van der Waals surface area contributed by atoms with Crippen LogP contribution in [0.25, 0.3) is 0 Å². The van der Waals surface area contributed by atoms with Crippen molar-refractivity contribution in [3.05, 3.63) is 122 Å². The zero-order chi connectivity index (χ0) is 59.2. The summed E-state index contributed by atoms with van der Waals surface area (Å²) in [5.74, 6) is -0.943. The van der Waals surface area contributed by atoms with Gasteiger partial charge in [-0.1, -0.05) is 290 Å². The van der Waals surface area contributed by atoms with E-state index in [9.17, 15) is 14.4 Å². The quantitative estimate of drug-likeness (QED) is 0.0261. The molecule has 0 aromatic carbocycles. The molecule has 0 saturated heterocycles. The van der Waals surface area contributed by atoms with Gasteiger partial charge in [-0.3, -0.25) is 14.4 Å². The SMILES string of the molecule is CC/C=C\C/C=C\C/C=C\C/C=C\C/C=C\C/C=C\C/C=C\C/C=C\CCCCC(=O)OCC(COC(=O)CCCCCCC/C=C\CCCCCCC)OC(=O)CCCCCCCCCCCCC/C=C\CCCCCCCCCC. The molecular formula is C76H128O6. The summed E-state index contributed by atoms with van der Waals surface area (Å²) in [6, 6.07) is 0. The molecule has 6 heteroatoms. The topological polar surface area (TPSA) is 78.9 Å². The highest BCUT2D eigenvalue weighted by molar-refractivity contribution is 5.71. The summed E-state index contributed by atoms with van der Waals surface area (Å²) in [5.41, 5.74) is 0. The van der Waals surface area contributed by atoms with Crippen molar-refractivity contribution in [2.24, 2.45) is 0 Å². The van der Waals surface area contributed by atoms with Gasteiger partial charge in [-0.25, -0.2) is 0 Å². The minimum atomic E-state index is -0.804. The summed E-state index contributed by atoms with van der Waals surface area (Å²) in [6.07, 6.45) is 96.5. The molecule has 0 aliphatic carbocycles. The molecule has 1 unspecified atom stereocenters. The van der Waals surface area contributed by atoms with Gasteiger partial charge >= 0.3 is 17.9 Å². The number of hydrogen-bond donors (Lipinski definition) is 0. The first-order valence-corrected chi connectivity index (χ1v) is 34.5. The van der Waals surface area contributed by atoms with Gasteiger partial charge in [-0.2, -0.15) is 0 Å². The minimum Gasteiger partial charge on any atom is -0.462 e. The monoisotopic (exact) mass is 1140 g/mol. The molecule has 0 aromatic heterocycles. The lowest BCUT2D eigenvalue weighted by molar-refractivity contribution is -0.167. The van der Waals surface area contributed by atoms with Crippen molar-refractivity contribution >= 4 is 17.9 Å². The lowest BCUT2D eigenvalue weighted by Crippen LogP contribution is -2.30. The van der Waals surface area contributed by atoms with E-state index in [4.69, 9.17) is 14.2 Å². The fourth-order valence-electron chi connectivity index (χ4n) is 9.51. The van der Waals surface area contributed by atoms with Crippen LogP contribution in [0.4, 0.5) is 0 Å². The Morgan fingerprint density at radius 2 is 0.476 bits per heavy atom. The summed E-state index contributed by atoms with van der Waals surface area (Å²) in [6.45, 7) is 6.50. The Labute approximate surface area is 507 Å². The van der Waals surface area contributed by atoms with E-state index in [1.54, 1.807) is 0 Å². The van der Waals surface area contributed by atoms with Crippen LogP contribution >= 0.6 is 0 Å². The van der Waals surface area contributed by atoms with Crippen LogP contribution in [-0.2, 0) is 28.6 Å². The van der Waals surface area contributed by atoms with Crippen LogP contribution in [0.15, 0.2) is 122 Å². The third-order valence-electron chi connectivity index (χ3n) is 14.7. The molecular weight excluding hydrogens is 1010 g/mol. The highest BCUT2D eigenvalue weighted by Crippen LogP contribution is 2.16. The maximum atomic E-state index is 12.9. The highest BCUT2D eigenvalue weighted by Gasteiger charge is 2.19. The van der Waals surface area contributed by atoms with Gasteiger partial charge in [-0.15, -0.1) is 0 Å². The molecule has 468 valence electrons. The van der Waals surface area contributed by atoms with Crippen molar-refractivity contribution in [2.75, 3.05) is 13.2 Å².